The third-order valence-electron chi connectivity index (χ3n) is 2.28. The van der Waals surface area contributed by atoms with Gasteiger partial charge in [-0.25, -0.2) is 0 Å². The van der Waals surface area contributed by atoms with E-state index in [1.54, 1.807) is 12.1 Å². The lowest BCUT2D eigenvalue weighted by Crippen LogP contribution is -1.91. The lowest BCUT2D eigenvalue weighted by atomic mass is 10.1. The Morgan fingerprint density at radius 3 is 2.76 bits per heavy atom. The van der Waals surface area contributed by atoms with E-state index in [-0.39, 0.29) is 5.69 Å². The second-order valence-electron chi connectivity index (χ2n) is 3.20. The molecule has 2 rings (SSSR count). The highest BCUT2D eigenvalue weighted by molar-refractivity contribution is 14.1. The van der Waals surface area contributed by atoms with Gasteiger partial charge in [0.1, 0.15) is 5.40 Å². The van der Waals surface area contributed by atoms with Gasteiger partial charge in [-0.2, -0.15) is 5.26 Å². The van der Waals surface area contributed by atoms with E-state index < -0.39 is 4.92 Å². The van der Waals surface area contributed by atoms with Gasteiger partial charge < -0.3 is 0 Å². The zero-order chi connectivity index (χ0) is 12.4. The molecule has 17 heavy (non-hydrogen) atoms. The molecule has 0 amide bonds. The van der Waals surface area contributed by atoms with Crippen molar-refractivity contribution in [3.8, 4) is 5.40 Å². The first-order chi connectivity index (χ1) is 8.15. The molecule has 2 aromatic carbocycles. The van der Waals surface area contributed by atoms with Gasteiger partial charge in [-0.3, -0.25) is 10.1 Å². The van der Waals surface area contributed by atoms with Crippen molar-refractivity contribution in [2.45, 2.75) is 4.90 Å². The smallest absolute Gasteiger partial charge is 0.258 e. The number of fused-ring (bicyclic) bond motifs is 1. The minimum atomic E-state index is -0.417. The summed E-state index contributed by atoms with van der Waals surface area (Å²) in [5, 5.41) is 23.0. The predicted molar refractivity (Wildman–Crippen MR) is 74.8 cm³/mol. The van der Waals surface area contributed by atoms with Gasteiger partial charge in [0.15, 0.2) is 0 Å². The summed E-state index contributed by atoms with van der Waals surface area (Å²) in [6, 6.07) is 8.53. The van der Waals surface area contributed by atoms with Crippen molar-refractivity contribution in [3.05, 3.63) is 44.0 Å². The number of thioether (sulfide) groups is 1. The van der Waals surface area contributed by atoms with Crippen molar-refractivity contribution >= 4 is 50.8 Å². The summed E-state index contributed by atoms with van der Waals surface area (Å²) in [6.07, 6.45) is 0. The zero-order valence-electron chi connectivity index (χ0n) is 8.38. The number of non-ortho nitro benzene ring substituents is 1. The number of rotatable bonds is 2. The number of thiocyanates is 1. The Labute approximate surface area is 115 Å². The Hall–Kier alpha value is -1.33. The van der Waals surface area contributed by atoms with Gasteiger partial charge in [-0.1, -0.05) is 12.1 Å². The summed E-state index contributed by atoms with van der Waals surface area (Å²) >= 11 is 3.07. The second-order valence-corrected chi connectivity index (χ2v) is 5.18. The number of nitrogens with zero attached hydrogens (tertiary/aromatic N) is 2. The zero-order valence-corrected chi connectivity index (χ0v) is 11.4. The Morgan fingerprint density at radius 1 is 1.35 bits per heavy atom. The second kappa shape index (κ2) is 4.89. The number of nitro benzene ring substituents is 1. The van der Waals surface area contributed by atoms with Crippen LogP contribution < -0.4 is 0 Å². The van der Waals surface area contributed by atoms with Crippen molar-refractivity contribution in [1.29, 1.82) is 5.26 Å². The third kappa shape index (κ3) is 2.21. The molecule has 6 heteroatoms. The molecule has 0 heterocycles. The Bertz CT molecular complexity index is 652. The van der Waals surface area contributed by atoms with Gasteiger partial charge in [0, 0.05) is 19.9 Å². The Morgan fingerprint density at radius 2 is 2.12 bits per heavy atom. The molecule has 0 atom stereocenters. The summed E-state index contributed by atoms with van der Waals surface area (Å²) in [4.78, 5) is 11.2. The maximum atomic E-state index is 11.0. The number of nitro groups is 1. The monoisotopic (exact) mass is 356 g/mol. The molecule has 0 aliphatic heterocycles. The van der Waals surface area contributed by atoms with E-state index in [2.05, 4.69) is 22.6 Å². The summed E-state index contributed by atoms with van der Waals surface area (Å²) in [5.74, 6) is 0. The fourth-order valence-corrected chi connectivity index (χ4v) is 2.79. The lowest BCUT2D eigenvalue weighted by Gasteiger charge is -2.05. The molecule has 4 nitrogen and oxygen atoms in total. The van der Waals surface area contributed by atoms with Crippen LogP contribution in [0.4, 0.5) is 5.69 Å². The molecular formula is C11H5IN2O2S. The number of hydrogen-bond donors (Lipinski definition) is 0. The molecular weight excluding hydrogens is 351 g/mol. The van der Waals surface area contributed by atoms with Crippen LogP contribution in [0.2, 0.25) is 0 Å². The molecule has 0 N–H and O–H groups in total. The summed E-state index contributed by atoms with van der Waals surface area (Å²) in [6.45, 7) is 0. The summed E-state index contributed by atoms with van der Waals surface area (Å²) in [7, 11) is 0. The van der Waals surface area contributed by atoms with E-state index in [4.69, 9.17) is 5.26 Å². The van der Waals surface area contributed by atoms with Crippen LogP contribution >= 0.6 is 34.4 Å². The van der Waals surface area contributed by atoms with Crippen molar-refractivity contribution in [2.75, 3.05) is 0 Å². The van der Waals surface area contributed by atoms with E-state index in [1.807, 2.05) is 17.5 Å². The largest absolute Gasteiger partial charge is 0.278 e. The highest BCUT2D eigenvalue weighted by Gasteiger charge is 2.16. The maximum absolute atomic E-state index is 11.0. The first kappa shape index (κ1) is 12.1. The molecule has 0 saturated heterocycles. The predicted octanol–water partition coefficient (Wildman–Crippen LogP) is 3.93. The van der Waals surface area contributed by atoms with Crippen molar-refractivity contribution in [3.63, 3.8) is 0 Å². The third-order valence-corrected chi connectivity index (χ3v) is 3.87. The number of hydrogen-bond acceptors (Lipinski definition) is 4. The number of benzene rings is 2. The topological polar surface area (TPSA) is 66.9 Å². The van der Waals surface area contributed by atoms with Crippen LogP contribution in [0.3, 0.4) is 0 Å². The van der Waals surface area contributed by atoms with E-state index in [9.17, 15) is 10.1 Å². The first-order valence-electron chi connectivity index (χ1n) is 4.56. The van der Waals surface area contributed by atoms with E-state index in [0.717, 1.165) is 20.7 Å². The Balaban J connectivity index is 2.89. The van der Waals surface area contributed by atoms with Crippen LogP contribution in [-0.4, -0.2) is 4.92 Å². The summed E-state index contributed by atoms with van der Waals surface area (Å²) in [5.41, 5.74) is 0.0405. The molecule has 0 aromatic heterocycles. The van der Waals surface area contributed by atoms with E-state index in [0.29, 0.717) is 10.3 Å². The molecule has 0 radical (unpaired) electrons. The molecule has 0 spiro atoms. The molecule has 0 bridgehead atoms. The van der Waals surface area contributed by atoms with Crippen LogP contribution in [0.1, 0.15) is 0 Å². The molecule has 2 aromatic rings. The van der Waals surface area contributed by atoms with Gasteiger partial charge >= 0.3 is 0 Å². The average molecular weight is 356 g/mol. The van der Waals surface area contributed by atoms with E-state index >= 15 is 0 Å². The quantitative estimate of drug-likeness (QED) is 0.269. The number of nitriles is 1. The average Bonchev–Trinajstić information content (AvgIpc) is 2.32. The molecule has 0 aliphatic carbocycles. The van der Waals surface area contributed by atoms with Crippen LogP contribution in [-0.2, 0) is 0 Å². The van der Waals surface area contributed by atoms with E-state index in [1.165, 1.54) is 6.07 Å². The minimum Gasteiger partial charge on any atom is -0.258 e. The Kier molecular flexibility index (Phi) is 3.49. The van der Waals surface area contributed by atoms with Crippen LogP contribution in [0.15, 0.2) is 35.2 Å². The van der Waals surface area contributed by atoms with Crippen LogP contribution in [0.25, 0.3) is 10.8 Å². The molecule has 0 unspecified atom stereocenters. The van der Waals surface area contributed by atoms with Gasteiger partial charge in [0.2, 0.25) is 0 Å². The standard InChI is InChI=1S/C11H5IN2O2S/c12-8-4-5-10(17-6-13)11-7(8)2-1-3-9(11)14(15)16/h1-5H. The van der Waals surface area contributed by atoms with Crippen LogP contribution in [0, 0.1) is 24.3 Å². The van der Waals surface area contributed by atoms with Crippen LogP contribution in [0.5, 0.6) is 0 Å². The van der Waals surface area contributed by atoms with Gasteiger partial charge in [0.05, 0.1) is 10.3 Å². The van der Waals surface area contributed by atoms with Crippen molar-refractivity contribution < 1.29 is 4.92 Å². The molecule has 0 aliphatic rings. The fourth-order valence-electron chi connectivity index (χ4n) is 1.61. The molecule has 0 saturated carbocycles. The molecule has 84 valence electrons. The normalized spacial score (nSPS) is 10.1. The fraction of sp³-hybridized carbons (Fsp3) is 0. The lowest BCUT2D eigenvalue weighted by molar-refractivity contribution is -0.383. The van der Waals surface area contributed by atoms with Crippen molar-refractivity contribution in [1.82, 2.24) is 0 Å². The summed E-state index contributed by atoms with van der Waals surface area (Å²) < 4.78 is 0.934. The van der Waals surface area contributed by atoms with Gasteiger partial charge in [-0.15, -0.1) is 0 Å². The van der Waals surface area contributed by atoms with Crippen molar-refractivity contribution in [2.24, 2.45) is 0 Å². The maximum Gasteiger partial charge on any atom is 0.278 e. The highest BCUT2D eigenvalue weighted by Crippen LogP contribution is 2.36. The molecule has 0 fully saturated rings. The van der Waals surface area contributed by atoms with Gasteiger partial charge in [-0.05, 0) is 46.5 Å². The number of halogens is 1. The minimum absolute atomic E-state index is 0.0405. The van der Waals surface area contributed by atoms with Gasteiger partial charge in [0.25, 0.3) is 5.69 Å². The highest BCUT2D eigenvalue weighted by atomic mass is 127. The SMILES string of the molecule is N#CSc1ccc(I)c2cccc([N+](=O)[O-])c12. The first-order valence-corrected chi connectivity index (χ1v) is 6.46.